The molecule has 2 N–H and O–H groups in total. The maximum Gasteiger partial charge on any atom is 0.329 e. The number of benzene rings is 1. The van der Waals surface area contributed by atoms with Crippen molar-refractivity contribution >= 4 is 27.6 Å². The van der Waals surface area contributed by atoms with Crippen molar-refractivity contribution in [3.05, 3.63) is 28.7 Å². The second kappa shape index (κ2) is 6.78. The fraction of sp³-hybridized carbons (Fsp3) is 0.500. The van der Waals surface area contributed by atoms with E-state index in [1.54, 1.807) is 0 Å². The summed E-state index contributed by atoms with van der Waals surface area (Å²) < 4.78 is 0.943. The molecular formula is C14H20BrNO2. The molecule has 0 radical (unpaired) electrons. The van der Waals surface area contributed by atoms with E-state index in [9.17, 15) is 9.90 Å². The third-order valence-corrected chi connectivity index (χ3v) is 3.67. The van der Waals surface area contributed by atoms with Gasteiger partial charge in [-0.3, -0.25) is 0 Å². The topological polar surface area (TPSA) is 49.3 Å². The molecule has 0 saturated carbocycles. The van der Waals surface area contributed by atoms with Gasteiger partial charge in [0, 0.05) is 10.2 Å². The number of nitrogens with one attached hydrogen (secondary N) is 1. The average molecular weight is 314 g/mol. The van der Waals surface area contributed by atoms with E-state index in [2.05, 4.69) is 28.2 Å². The Kier molecular flexibility index (Phi) is 5.66. The van der Waals surface area contributed by atoms with E-state index in [1.807, 2.05) is 31.2 Å². The van der Waals surface area contributed by atoms with Gasteiger partial charge in [-0.05, 0) is 31.0 Å². The van der Waals surface area contributed by atoms with Crippen molar-refractivity contribution in [2.45, 2.75) is 45.1 Å². The van der Waals surface area contributed by atoms with Crippen molar-refractivity contribution in [1.82, 2.24) is 0 Å². The second-order valence-electron chi connectivity index (χ2n) is 4.48. The number of anilines is 1. The Morgan fingerprint density at radius 2 is 2.17 bits per heavy atom. The van der Waals surface area contributed by atoms with Gasteiger partial charge in [-0.25, -0.2) is 4.79 Å². The van der Waals surface area contributed by atoms with Crippen LogP contribution in [0, 0.1) is 0 Å². The highest BCUT2D eigenvalue weighted by molar-refractivity contribution is 9.10. The molecule has 1 aromatic rings. The molecule has 100 valence electrons. The number of rotatable bonds is 7. The van der Waals surface area contributed by atoms with Crippen LogP contribution >= 0.6 is 15.9 Å². The van der Waals surface area contributed by atoms with Gasteiger partial charge in [0.05, 0.1) is 0 Å². The van der Waals surface area contributed by atoms with E-state index in [0.29, 0.717) is 12.8 Å². The SMILES string of the molecule is CCCCC(CC)(Nc1cccc(Br)c1)C(=O)O. The molecule has 0 heterocycles. The van der Waals surface area contributed by atoms with Crippen molar-refractivity contribution in [2.24, 2.45) is 0 Å². The summed E-state index contributed by atoms with van der Waals surface area (Å²) in [5.41, 5.74) is -0.0266. The largest absolute Gasteiger partial charge is 0.480 e. The van der Waals surface area contributed by atoms with Crippen LogP contribution in [0.15, 0.2) is 28.7 Å². The molecule has 1 rings (SSSR count). The summed E-state index contributed by atoms with van der Waals surface area (Å²) in [4.78, 5) is 11.6. The standard InChI is InChI=1S/C14H20BrNO2/c1-3-5-9-14(4-2,13(17)18)16-12-8-6-7-11(15)10-12/h6-8,10,16H,3-5,9H2,1-2H3,(H,17,18). The quantitative estimate of drug-likeness (QED) is 0.789. The summed E-state index contributed by atoms with van der Waals surface area (Å²) in [5.74, 6) is -0.779. The lowest BCUT2D eigenvalue weighted by Gasteiger charge is -2.30. The van der Waals surface area contributed by atoms with Gasteiger partial charge in [0.25, 0.3) is 0 Å². The molecule has 1 aromatic carbocycles. The number of carbonyl (C=O) groups is 1. The molecule has 0 saturated heterocycles. The Balaban J connectivity index is 2.93. The van der Waals surface area contributed by atoms with Gasteiger partial charge in [-0.15, -0.1) is 0 Å². The Labute approximate surface area is 117 Å². The average Bonchev–Trinajstić information content (AvgIpc) is 2.34. The minimum Gasteiger partial charge on any atom is -0.480 e. The lowest BCUT2D eigenvalue weighted by molar-refractivity contribution is -0.142. The summed E-state index contributed by atoms with van der Waals surface area (Å²) in [6.07, 6.45) is 3.10. The molecule has 0 aliphatic heterocycles. The zero-order valence-corrected chi connectivity index (χ0v) is 12.5. The van der Waals surface area contributed by atoms with Crippen LogP contribution in [0.2, 0.25) is 0 Å². The Bertz CT molecular complexity index is 409. The molecule has 0 amide bonds. The van der Waals surface area contributed by atoms with Gasteiger partial charge in [-0.1, -0.05) is 48.7 Å². The van der Waals surface area contributed by atoms with Crippen LogP contribution in [0.25, 0.3) is 0 Å². The Morgan fingerprint density at radius 3 is 2.67 bits per heavy atom. The lowest BCUT2D eigenvalue weighted by atomic mass is 9.89. The van der Waals surface area contributed by atoms with Crippen molar-refractivity contribution in [3.8, 4) is 0 Å². The molecule has 0 aromatic heterocycles. The van der Waals surface area contributed by atoms with E-state index in [4.69, 9.17) is 0 Å². The highest BCUT2D eigenvalue weighted by atomic mass is 79.9. The summed E-state index contributed by atoms with van der Waals surface area (Å²) in [5, 5.41) is 12.7. The van der Waals surface area contributed by atoms with Crippen molar-refractivity contribution in [3.63, 3.8) is 0 Å². The molecule has 3 nitrogen and oxygen atoms in total. The molecule has 0 bridgehead atoms. The minimum atomic E-state index is -0.864. The van der Waals surface area contributed by atoms with Gasteiger partial charge in [-0.2, -0.15) is 0 Å². The molecule has 0 spiro atoms. The first kappa shape index (κ1) is 15.0. The Morgan fingerprint density at radius 1 is 1.44 bits per heavy atom. The van der Waals surface area contributed by atoms with Crippen molar-refractivity contribution in [1.29, 1.82) is 0 Å². The van der Waals surface area contributed by atoms with Crippen LogP contribution in [-0.4, -0.2) is 16.6 Å². The number of hydrogen-bond acceptors (Lipinski definition) is 2. The number of hydrogen-bond donors (Lipinski definition) is 2. The van der Waals surface area contributed by atoms with Gasteiger partial charge in [0.1, 0.15) is 5.54 Å². The molecule has 0 aliphatic rings. The first-order valence-electron chi connectivity index (χ1n) is 6.31. The number of aliphatic carboxylic acids is 1. The van der Waals surface area contributed by atoms with Crippen LogP contribution < -0.4 is 5.32 Å². The third kappa shape index (κ3) is 3.73. The predicted octanol–water partition coefficient (Wildman–Crippen LogP) is 4.28. The van der Waals surface area contributed by atoms with Gasteiger partial charge < -0.3 is 10.4 Å². The lowest BCUT2D eigenvalue weighted by Crippen LogP contribution is -2.45. The highest BCUT2D eigenvalue weighted by Crippen LogP contribution is 2.26. The predicted molar refractivity (Wildman–Crippen MR) is 77.9 cm³/mol. The van der Waals surface area contributed by atoms with Crippen LogP contribution in [-0.2, 0) is 4.79 Å². The van der Waals surface area contributed by atoms with E-state index in [-0.39, 0.29) is 0 Å². The summed E-state index contributed by atoms with van der Waals surface area (Å²) in [6, 6.07) is 7.61. The van der Waals surface area contributed by atoms with Crippen LogP contribution in [0.1, 0.15) is 39.5 Å². The van der Waals surface area contributed by atoms with Crippen LogP contribution in [0.5, 0.6) is 0 Å². The van der Waals surface area contributed by atoms with Gasteiger partial charge >= 0.3 is 5.97 Å². The van der Waals surface area contributed by atoms with Gasteiger partial charge in [0.15, 0.2) is 0 Å². The minimum absolute atomic E-state index is 0.564. The Hall–Kier alpha value is -1.03. The molecule has 0 aliphatic carbocycles. The number of halogens is 1. The van der Waals surface area contributed by atoms with Crippen LogP contribution in [0.4, 0.5) is 5.69 Å². The molecular weight excluding hydrogens is 294 g/mol. The number of unbranched alkanes of at least 4 members (excludes halogenated alkanes) is 1. The molecule has 0 fully saturated rings. The fourth-order valence-electron chi connectivity index (χ4n) is 1.96. The first-order chi connectivity index (χ1) is 8.54. The number of carboxylic acid groups (broad SMARTS) is 1. The van der Waals surface area contributed by atoms with E-state index in [1.165, 1.54) is 0 Å². The highest BCUT2D eigenvalue weighted by Gasteiger charge is 2.35. The van der Waals surface area contributed by atoms with Crippen molar-refractivity contribution < 1.29 is 9.90 Å². The van der Waals surface area contributed by atoms with Gasteiger partial charge in [0.2, 0.25) is 0 Å². The summed E-state index contributed by atoms with van der Waals surface area (Å²) in [7, 11) is 0. The summed E-state index contributed by atoms with van der Waals surface area (Å²) >= 11 is 3.39. The maximum atomic E-state index is 11.6. The third-order valence-electron chi connectivity index (χ3n) is 3.18. The zero-order valence-electron chi connectivity index (χ0n) is 10.9. The van der Waals surface area contributed by atoms with Crippen molar-refractivity contribution in [2.75, 3.05) is 5.32 Å². The first-order valence-corrected chi connectivity index (χ1v) is 7.10. The molecule has 1 atom stereocenters. The zero-order chi connectivity index (χ0) is 13.6. The van der Waals surface area contributed by atoms with Crippen LogP contribution in [0.3, 0.4) is 0 Å². The van der Waals surface area contributed by atoms with E-state index < -0.39 is 11.5 Å². The monoisotopic (exact) mass is 313 g/mol. The molecule has 4 heteroatoms. The second-order valence-corrected chi connectivity index (χ2v) is 5.40. The number of carboxylic acids is 1. The fourth-order valence-corrected chi connectivity index (χ4v) is 2.36. The summed E-state index contributed by atoms with van der Waals surface area (Å²) in [6.45, 7) is 3.98. The molecule has 1 unspecified atom stereocenters. The van der Waals surface area contributed by atoms with E-state index in [0.717, 1.165) is 23.0 Å². The maximum absolute atomic E-state index is 11.6. The van der Waals surface area contributed by atoms with E-state index >= 15 is 0 Å². The normalized spacial score (nSPS) is 13.9. The smallest absolute Gasteiger partial charge is 0.329 e. The molecule has 18 heavy (non-hydrogen) atoms.